The van der Waals surface area contributed by atoms with Gasteiger partial charge in [0.15, 0.2) is 5.75 Å². The summed E-state index contributed by atoms with van der Waals surface area (Å²) in [5.74, 6) is -0.762. The molecule has 0 aliphatic rings. The van der Waals surface area contributed by atoms with Crippen LogP contribution in [0.2, 0.25) is 0 Å². The van der Waals surface area contributed by atoms with E-state index in [2.05, 4.69) is 47.4 Å². The number of carbonyl (C=O) groups excluding carboxylic acids is 2. The summed E-state index contributed by atoms with van der Waals surface area (Å²) in [6, 6.07) is 9.89. The number of hydrogen-bond acceptors (Lipinski definition) is 6. The van der Waals surface area contributed by atoms with Crippen LogP contribution >= 0.6 is 31.9 Å². The molecule has 0 radical (unpaired) electrons. The van der Waals surface area contributed by atoms with Gasteiger partial charge >= 0.3 is 5.97 Å². The lowest BCUT2D eigenvalue weighted by molar-refractivity contribution is 0.0699. The Morgan fingerprint density at radius 3 is 2.75 bits per heavy atom. The maximum atomic E-state index is 12.2. The van der Waals surface area contributed by atoms with Gasteiger partial charge in [0.2, 0.25) is 5.76 Å². The fourth-order valence-corrected chi connectivity index (χ4v) is 3.49. The number of benzene rings is 1. The number of esters is 1. The van der Waals surface area contributed by atoms with Gasteiger partial charge < -0.3 is 9.15 Å². The van der Waals surface area contributed by atoms with Crippen molar-refractivity contribution >= 4 is 50.0 Å². The van der Waals surface area contributed by atoms with E-state index in [-0.39, 0.29) is 11.5 Å². The summed E-state index contributed by atoms with van der Waals surface area (Å²) in [4.78, 5) is 28.4. The number of nitrogens with zero attached hydrogens (tertiary/aromatic N) is 2. The van der Waals surface area contributed by atoms with Crippen LogP contribution in [0.1, 0.15) is 32.2 Å². The van der Waals surface area contributed by atoms with Crippen molar-refractivity contribution in [1.29, 1.82) is 0 Å². The first kappa shape index (κ1) is 20.0. The fraction of sp³-hybridized carbons (Fsp3) is 0.0526. The number of hydrogen-bond donors (Lipinski definition) is 1. The number of rotatable bonds is 5. The minimum Gasteiger partial charge on any atom is -0.457 e. The van der Waals surface area contributed by atoms with Gasteiger partial charge in [-0.15, -0.1) is 0 Å². The van der Waals surface area contributed by atoms with E-state index in [1.165, 1.54) is 24.7 Å². The van der Waals surface area contributed by atoms with E-state index in [1.54, 1.807) is 30.3 Å². The first-order chi connectivity index (χ1) is 13.4. The Labute approximate surface area is 177 Å². The number of halogens is 2. The summed E-state index contributed by atoms with van der Waals surface area (Å²) in [7, 11) is 0. The number of aromatic nitrogens is 1. The second-order valence-corrected chi connectivity index (χ2v) is 7.33. The van der Waals surface area contributed by atoms with E-state index >= 15 is 0 Å². The van der Waals surface area contributed by atoms with Crippen molar-refractivity contribution in [2.75, 3.05) is 0 Å². The number of hydrazone groups is 1. The van der Waals surface area contributed by atoms with Gasteiger partial charge in [-0.25, -0.2) is 10.2 Å². The third-order valence-corrected chi connectivity index (χ3v) is 4.54. The number of ether oxygens (including phenoxy) is 1. The van der Waals surface area contributed by atoms with Crippen LogP contribution in [0, 0.1) is 6.92 Å². The molecule has 0 spiro atoms. The van der Waals surface area contributed by atoms with Gasteiger partial charge in [0, 0.05) is 21.9 Å². The number of pyridine rings is 1. The molecule has 0 bridgehead atoms. The monoisotopic (exact) mass is 505 g/mol. The summed E-state index contributed by atoms with van der Waals surface area (Å²) in [5, 5.41) is 3.94. The second kappa shape index (κ2) is 8.94. The molecule has 3 rings (SSSR count). The highest BCUT2D eigenvalue weighted by Gasteiger charge is 2.17. The Balaban J connectivity index is 1.78. The van der Waals surface area contributed by atoms with Crippen molar-refractivity contribution in [3.05, 3.63) is 80.4 Å². The molecule has 1 N–H and O–H groups in total. The van der Waals surface area contributed by atoms with Gasteiger partial charge in [0.05, 0.1) is 22.5 Å². The number of aryl methyl sites for hydroxylation is 1. The van der Waals surface area contributed by atoms with Crippen LogP contribution in [0.4, 0.5) is 0 Å². The van der Waals surface area contributed by atoms with Gasteiger partial charge in [0.1, 0.15) is 0 Å². The van der Waals surface area contributed by atoms with Crippen molar-refractivity contribution in [1.82, 2.24) is 10.4 Å². The molecule has 0 fully saturated rings. The average Bonchev–Trinajstić information content (AvgIpc) is 3.19. The highest BCUT2D eigenvalue weighted by atomic mass is 79.9. The zero-order valence-electron chi connectivity index (χ0n) is 14.5. The molecule has 0 aliphatic heterocycles. The maximum Gasteiger partial charge on any atom is 0.379 e. The molecule has 7 nitrogen and oxygen atoms in total. The van der Waals surface area contributed by atoms with Crippen molar-refractivity contribution in [2.24, 2.45) is 5.10 Å². The van der Waals surface area contributed by atoms with E-state index < -0.39 is 11.9 Å². The highest BCUT2D eigenvalue weighted by molar-refractivity contribution is 9.11. The number of carbonyl (C=O) groups is 2. The predicted molar refractivity (Wildman–Crippen MR) is 110 cm³/mol. The predicted octanol–water partition coefficient (Wildman–Crippen LogP) is 4.49. The lowest BCUT2D eigenvalue weighted by atomic mass is 10.2. The quantitative estimate of drug-likeness (QED) is 0.238. The lowest BCUT2D eigenvalue weighted by Gasteiger charge is -2.09. The van der Waals surface area contributed by atoms with Crippen molar-refractivity contribution in [3.8, 4) is 5.75 Å². The minimum absolute atomic E-state index is 0.0675. The third kappa shape index (κ3) is 4.93. The van der Waals surface area contributed by atoms with Crippen molar-refractivity contribution in [2.45, 2.75) is 6.92 Å². The molecular formula is C19H13Br2N3O4. The van der Waals surface area contributed by atoms with Crippen molar-refractivity contribution < 1.29 is 18.7 Å². The van der Waals surface area contributed by atoms with Crippen molar-refractivity contribution in [3.63, 3.8) is 0 Å². The molecule has 2 aromatic heterocycles. The molecule has 0 aliphatic carbocycles. The van der Waals surface area contributed by atoms with Crippen LogP contribution in [0.25, 0.3) is 0 Å². The van der Waals surface area contributed by atoms with Gasteiger partial charge in [0.25, 0.3) is 5.91 Å². The fourth-order valence-electron chi connectivity index (χ4n) is 2.15. The number of furan rings is 1. The van der Waals surface area contributed by atoms with Crippen LogP contribution < -0.4 is 10.2 Å². The van der Waals surface area contributed by atoms with E-state index in [4.69, 9.17) is 9.15 Å². The van der Waals surface area contributed by atoms with Crippen LogP contribution in [0.3, 0.4) is 0 Å². The van der Waals surface area contributed by atoms with Crippen LogP contribution in [0.15, 0.2) is 67.3 Å². The first-order valence-corrected chi connectivity index (χ1v) is 9.53. The summed E-state index contributed by atoms with van der Waals surface area (Å²) in [5.41, 5.74) is 4.06. The van der Waals surface area contributed by atoms with Gasteiger partial charge in [-0.1, -0.05) is 15.9 Å². The molecule has 0 unspecified atom stereocenters. The number of nitrogens with one attached hydrogen (secondary N) is 1. The van der Waals surface area contributed by atoms with E-state index in [0.29, 0.717) is 15.6 Å². The zero-order valence-corrected chi connectivity index (χ0v) is 17.7. The average molecular weight is 507 g/mol. The lowest BCUT2D eigenvalue weighted by Crippen LogP contribution is -2.18. The Bertz CT molecular complexity index is 1030. The molecule has 1 aromatic carbocycles. The molecule has 0 saturated carbocycles. The summed E-state index contributed by atoms with van der Waals surface area (Å²) in [6.45, 7) is 1.83. The number of amides is 1. The topological polar surface area (TPSA) is 93.8 Å². The van der Waals surface area contributed by atoms with E-state index in [9.17, 15) is 9.59 Å². The summed E-state index contributed by atoms with van der Waals surface area (Å²) < 4.78 is 11.7. The molecule has 3 aromatic rings. The van der Waals surface area contributed by atoms with Crippen LogP contribution in [-0.4, -0.2) is 23.1 Å². The van der Waals surface area contributed by atoms with Gasteiger partial charge in [-0.2, -0.15) is 5.10 Å². The molecule has 0 saturated heterocycles. The summed E-state index contributed by atoms with van der Waals surface area (Å²) in [6.07, 6.45) is 4.22. The minimum atomic E-state index is -0.655. The third-order valence-electron chi connectivity index (χ3n) is 3.50. The molecule has 2 heterocycles. The Morgan fingerprint density at radius 1 is 1.25 bits per heavy atom. The molecule has 28 heavy (non-hydrogen) atoms. The Hall–Kier alpha value is -2.78. The Kier molecular flexibility index (Phi) is 6.37. The molecule has 9 heteroatoms. The van der Waals surface area contributed by atoms with Crippen LogP contribution in [-0.2, 0) is 0 Å². The van der Waals surface area contributed by atoms with Gasteiger partial charge in [-0.3, -0.25) is 9.78 Å². The van der Waals surface area contributed by atoms with Gasteiger partial charge in [-0.05, 0) is 59.3 Å². The molecule has 142 valence electrons. The second-order valence-electron chi connectivity index (χ2n) is 5.56. The SMILES string of the molecule is Cc1ccc(C(=O)N/N=C/c2cc(Br)cc(Br)c2OC(=O)c2ccco2)cn1. The van der Waals surface area contributed by atoms with Crippen LogP contribution in [0.5, 0.6) is 5.75 Å². The normalized spacial score (nSPS) is 10.8. The molecular weight excluding hydrogens is 494 g/mol. The van der Waals surface area contributed by atoms with E-state index in [0.717, 1.165) is 10.2 Å². The standard InChI is InChI=1S/C19H13Br2N3O4/c1-11-4-5-12(9-22-11)18(25)24-23-10-13-7-14(20)8-15(21)17(13)28-19(26)16-3-2-6-27-16/h2-10H,1H3,(H,24,25)/b23-10+. The zero-order chi connectivity index (χ0) is 20.1. The molecule has 0 atom stereocenters. The highest BCUT2D eigenvalue weighted by Crippen LogP contribution is 2.32. The van der Waals surface area contributed by atoms with E-state index in [1.807, 2.05) is 6.92 Å². The first-order valence-electron chi connectivity index (χ1n) is 7.95. The summed E-state index contributed by atoms with van der Waals surface area (Å²) >= 11 is 6.73. The molecule has 1 amide bonds. The maximum absolute atomic E-state index is 12.2. The Morgan fingerprint density at radius 2 is 2.07 bits per heavy atom. The largest absolute Gasteiger partial charge is 0.457 e. The smallest absolute Gasteiger partial charge is 0.379 e.